The Bertz CT molecular complexity index is 416. The number of rotatable bonds is 6. The Morgan fingerprint density at radius 3 is 2.75 bits per heavy atom. The third-order valence-corrected chi connectivity index (χ3v) is 3.23. The Balaban J connectivity index is 2.74. The summed E-state index contributed by atoms with van der Waals surface area (Å²) in [6.45, 7) is 0.334. The van der Waals surface area contributed by atoms with Crippen LogP contribution in [0.3, 0.4) is 0 Å². The number of aromatic nitrogens is 1. The van der Waals surface area contributed by atoms with E-state index in [-0.39, 0.29) is 18.2 Å². The van der Waals surface area contributed by atoms with Crippen LogP contribution >= 0.6 is 0 Å². The minimum absolute atomic E-state index is 0.0687. The lowest BCUT2D eigenvalue weighted by Gasteiger charge is -2.05. The summed E-state index contributed by atoms with van der Waals surface area (Å²) in [6.07, 6.45) is 1.32. The number of hydrogen-bond acceptors (Lipinski definition) is 5. The van der Waals surface area contributed by atoms with Crippen LogP contribution in [0.4, 0.5) is 0 Å². The van der Waals surface area contributed by atoms with Crippen LogP contribution in [0.2, 0.25) is 0 Å². The highest BCUT2D eigenvalue weighted by molar-refractivity contribution is 7.89. The zero-order valence-electron chi connectivity index (χ0n) is 8.88. The molecule has 7 heteroatoms. The number of pyridine rings is 1. The molecule has 0 unspecified atom stereocenters. The fourth-order valence-corrected chi connectivity index (χ4v) is 1.95. The maximum atomic E-state index is 11.6. The van der Waals surface area contributed by atoms with Crippen LogP contribution in [0.25, 0.3) is 0 Å². The number of methoxy groups -OCH3 is 1. The second-order valence-electron chi connectivity index (χ2n) is 3.05. The van der Waals surface area contributed by atoms with Gasteiger partial charge in [0.25, 0.3) is 10.0 Å². The molecule has 0 fully saturated rings. The summed E-state index contributed by atoms with van der Waals surface area (Å²) in [7, 11) is -2.09. The minimum Gasteiger partial charge on any atom is -0.392 e. The van der Waals surface area contributed by atoms with E-state index >= 15 is 0 Å². The summed E-state index contributed by atoms with van der Waals surface area (Å²) < 4.78 is 30.3. The Hall–Kier alpha value is -1.02. The molecule has 1 aromatic rings. The Kier molecular flexibility index (Phi) is 4.81. The average molecular weight is 246 g/mol. The first-order valence-corrected chi connectivity index (χ1v) is 6.13. The molecule has 0 aliphatic carbocycles. The first-order chi connectivity index (χ1) is 7.60. The minimum atomic E-state index is -3.58. The fraction of sp³-hybridized carbons (Fsp3) is 0.444. The van der Waals surface area contributed by atoms with Crippen LogP contribution < -0.4 is 4.72 Å². The van der Waals surface area contributed by atoms with E-state index in [1.54, 1.807) is 0 Å². The van der Waals surface area contributed by atoms with Crippen molar-refractivity contribution in [2.75, 3.05) is 20.3 Å². The topological polar surface area (TPSA) is 88.5 Å². The second-order valence-corrected chi connectivity index (χ2v) is 4.77. The lowest BCUT2D eigenvalue weighted by atomic mass is 10.3. The zero-order valence-corrected chi connectivity index (χ0v) is 9.70. The standard InChI is InChI=1S/C9H14N2O4S/c1-15-5-4-11-16(13,14)9-3-2-8(7-12)6-10-9/h2-3,6,11-12H,4-5,7H2,1H3. The van der Waals surface area contributed by atoms with E-state index in [0.29, 0.717) is 12.2 Å². The van der Waals surface area contributed by atoms with Crippen molar-refractivity contribution >= 4 is 10.0 Å². The van der Waals surface area contributed by atoms with Crippen molar-refractivity contribution in [1.29, 1.82) is 0 Å². The summed E-state index contributed by atoms with van der Waals surface area (Å²) >= 11 is 0. The lowest BCUT2D eigenvalue weighted by Crippen LogP contribution is -2.27. The molecule has 0 saturated heterocycles. The maximum Gasteiger partial charge on any atom is 0.258 e. The summed E-state index contributed by atoms with van der Waals surface area (Å²) in [5.41, 5.74) is 0.566. The van der Waals surface area contributed by atoms with Gasteiger partial charge >= 0.3 is 0 Å². The number of aliphatic hydroxyl groups excluding tert-OH is 1. The molecule has 0 aliphatic heterocycles. The number of nitrogens with one attached hydrogen (secondary N) is 1. The Morgan fingerprint density at radius 2 is 2.25 bits per heavy atom. The van der Waals surface area contributed by atoms with Crippen molar-refractivity contribution in [3.63, 3.8) is 0 Å². The molecule has 0 radical (unpaired) electrons. The van der Waals surface area contributed by atoms with Gasteiger partial charge in [-0.15, -0.1) is 0 Å². The molecule has 1 rings (SSSR count). The normalized spacial score (nSPS) is 11.6. The molecule has 0 saturated carbocycles. The first-order valence-electron chi connectivity index (χ1n) is 4.64. The number of hydrogen-bond donors (Lipinski definition) is 2. The lowest BCUT2D eigenvalue weighted by molar-refractivity contribution is 0.204. The van der Waals surface area contributed by atoms with Crippen LogP contribution in [0.5, 0.6) is 0 Å². The summed E-state index contributed by atoms with van der Waals surface area (Å²) in [5.74, 6) is 0. The molecule has 0 atom stereocenters. The van der Waals surface area contributed by atoms with E-state index in [1.807, 2.05) is 0 Å². The van der Waals surface area contributed by atoms with Gasteiger partial charge in [-0.2, -0.15) is 0 Å². The molecule has 0 spiro atoms. The number of ether oxygens (including phenoxy) is 1. The van der Waals surface area contributed by atoms with Gasteiger partial charge in [0, 0.05) is 19.9 Å². The number of nitrogens with zero attached hydrogens (tertiary/aromatic N) is 1. The highest BCUT2D eigenvalue weighted by atomic mass is 32.2. The third-order valence-electron chi connectivity index (χ3n) is 1.85. The van der Waals surface area contributed by atoms with Gasteiger partial charge in [-0.1, -0.05) is 6.07 Å². The van der Waals surface area contributed by atoms with Crippen LogP contribution in [-0.2, 0) is 21.4 Å². The monoisotopic (exact) mass is 246 g/mol. The van der Waals surface area contributed by atoms with Gasteiger partial charge in [0.2, 0.25) is 0 Å². The van der Waals surface area contributed by atoms with E-state index in [2.05, 4.69) is 9.71 Å². The van der Waals surface area contributed by atoms with E-state index in [4.69, 9.17) is 9.84 Å². The molecular formula is C9H14N2O4S. The van der Waals surface area contributed by atoms with E-state index in [9.17, 15) is 8.42 Å². The molecule has 0 aliphatic rings. The largest absolute Gasteiger partial charge is 0.392 e. The van der Waals surface area contributed by atoms with Gasteiger partial charge < -0.3 is 9.84 Å². The summed E-state index contributed by atoms with van der Waals surface area (Å²) in [4.78, 5) is 3.75. The zero-order chi connectivity index (χ0) is 12.0. The third kappa shape index (κ3) is 3.53. The quantitative estimate of drug-likeness (QED) is 0.660. The molecule has 0 amide bonds. The molecule has 1 heterocycles. The molecule has 6 nitrogen and oxygen atoms in total. The molecule has 0 aromatic carbocycles. The summed E-state index contributed by atoms with van der Waals surface area (Å²) in [5, 5.41) is 8.71. The van der Waals surface area contributed by atoms with Crippen molar-refractivity contribution in [3.05, 3.63) is 23.9 Å². The van der Waals surface area contributed by atoms with Gasteiger partial charge in [0.1, 0.15) is 0 Å². The fourth-order valence-electron chi connectivity index (χ4n) is 1.02. The summed E-state index contributed by atoms with van der Waals surface area (Å²) in [6, 6.07) is 2.86. The first kappa shape index (κ1) is 13.0. The van der Waals surface area contributed by atoms with E-state index in [0.717, 1.165) is 0 Å². The smallest absolute Gasteiger partial charge is 0.258 e. The molecule has 90 valence electrons. The van der Waals surface area contributed by atoms with Gasteiger partial charge in [-0.05, 0) is 11.6 Å². The van der Waals surface area contributed by atoms with Crippen molar-refractivity contribution in [3.8, 4) is 0 Å². The van der Waals surface area contributed by atoms with Crippen LogP contribution in [0.15, 0.2) is 23.4 Å². The van der Waals surface area contributed by atoms with E-state index in [1.165, 1.54) is 25.4 Å². The predicted molar refractivity (Wildman–Crippen MR) is 57.2 cm³/mol. The van der Waals surface area contributed by atoms with Crippen molar-refractivity contribution in [1.82, 2.24) is 9.71 Å². The van der Waals surface area contributed by atoms with Crippen LogP contribution in [-0.4, -0.2) is 38.8 Å². The highest BCUT2D eigenvalue weighted by Crippen LogP contribution is 2.06. The Morgan fingerprint density at radius 1 is 1.50 bits per heavy atom. The average Bonchev–Trinajstić information content (AvgIpc) is 2.29. The van der Waals surface area contributed by atoms with Crippen LogP contribution in [0.1, 0.15) is 5.56 Å². The van der Waals surface area contributed by atoms with Crippen molar-refractivity contribution in [2.45, 2.75) is 11.6 Å². The maximum absolute atomic E-state index is 11.6. The van der Waals surface area contributed by atoms with Gasteiger partial charge in [-0.25, -0.2) is 18.1 Å². The highest BCUT2D eigenvalue weighted by Gasteiger charge is 2.14. The number of aliphatic hydroxyl groups is 1. The molecule has 1 aromatic heterocycles. The molecular weight excluding hydrogens is 232 g/mol. The Labute approximate surface area is 94.3 Å². The predicted octanol–water partition coefficient (Wildman–Crippen LogP) is -0.501. The van der Waals surface area contributed by atoms with Gasteiger partial charge in [0.05, 0.1) is 13.2 Å². The second kappa shape index (κ2) is 5.90. The SMILES string of the molecule is COCCNS(=O)(=O)c1ccc(CO)cn1. The molecule has 2 N–H and O–H groups in total. The van der Waals surface area contributed by atoms with Gasteiger partial charge in [0.15, 0.2) is 5.03 Å². The molecule has 0 bridgehead atoms. The number of sulfonamides is 1. The van der Waals surface area contributed by atoms with Crippen molar-refractivity contribution < 1.29 is 18.3 Å². The van der Waals surface area contributed by atoms with Crippen molar-refractivity contribution in [2.24, 2.45) is 0 Å². The molecule has 16 heavy (non-hydrogen) atoms. The van der Waals surface area contributed by atoms with Gasteiger partial charge in [-0.3, -0.25) is 0 Å². The van der Waals surface area contributed by atoms with E-state index < -0.39 is 10.0 Å². The van der Waals surface area contributed by atoms with Crippen LogP contribution in [0, 0.1) is 0 Å².